The number of aromatic hydroxyl groups is 1. The lowest BCUT2D eigenvalue weighted by atomic mass is 10.1. The SMILES string of the molecule is O=C(O)NC1CCN(c2ccc(O)cn2)CC1. The van der Waals surface area contributed by atoms with E-state index in [-0.39, 0.29) is 11.8 Å². The Morgan fingerprint density at radius 2 is 2.12 bits per heavy atom. The van der Waals surface area contributed by atoms with Gasteiger partial charge in [0.1, 0.15) is 11.6 Å². The average molecular weight is 237 g/mol. The molecule has 1 aromatic rings. The first-order valence-electron chi connectivity index (χ1n) is 5.54. The molecule has 2 rings (SSSR count). The maximum Gasteiger partial charge on any atom is 0.404 e. The number of rotatable bonds is 2. The van der Waals surface area contributed by atoms with Crippen molar-refractivity contribution in [1.82, 2.24) is 10.3 Å². The molecule has 1 aliphatic rings. The number of hydrogen-bond acceptors (Lipinski definition) is 4. The molecular weight excluding hydrogens is 222 g/mol. The van der Waals surface area contributed by atoms with Crippen molar-refractivity contribution in [3.8, 4) is 5.75 Å². The number of carboxylic acid groups (broad SMARTS) is 1. The second-order valence-corrected chi connectivity index (χ2v) is 4.09. The molecule has 2 heterocycles. The predicted octanol–water partition coefficient (Wildman–Crippen LogP) is 1.02. The van der Waals surface area contributed by atoms with E-state index in [1.54, 1.807) is 12.1 Å². The molecule has 0 radical (unpaired) electrons. The van der Waals surface area contributed by atoms with Gasteiger partial charge in [-0.15, -0.1) is 0 Å². The van der Waals surface area contributed by atoms with Crippen LogP contribution in [0, 0.1) is 0 Å². The van der Waals surface area contributed by atoms with E-state index in [4.69, 9.17) is 10.2 Å². The number of carbonyl (C=O) groups is 1. The van der Waals surface area contributed by atoms with Gasteiger partial charge >= 0.3 is 6.09 Å². The highest BCUT2D eigenvalue weighted by Crippen LogP contribution is 2.19. The van der Waals surface area contributed by atoms with Crippen molar-refractivity contribution in [1.29, 1.82) is 0 Å². The van der Waals surface area contributed by atoms with Crippen molar-refractivity contribution in [2.24, 2.45) is 0 Å². The first-order chi connectivity index (χ1) is 8.15. The Morgan fingerprint density at radius 1 is 1.41 bits per heavy atom. The Balaban J connectivity index is 1.90. The molecule has 1 aromatic heterocycles. The van der Waals surface area contributed by atoms with E-state index in [0.29, 0.717) is 0 Å². The van der Waals surface area contributed by atoms with Gasteiger partial charge in [-0.25, -0.2) is 9.78 Å². The third kappa shape index (κ3) is 2.99. The van der Waals surface area contributed by atoms with Crippen molar-refractivity contribution in [2.45, 2.75) is 18.9 Å². The number of pyridine rings is 1. The third-order valence-corrected chi connectivity index (χ3v) is 2.88. The van der Waals surface area contributed by atoms with E-state index >= 15 is 0 Å². The first-order valence-corrected chi connectivity index (χ1v) is 5.54. The number of nitrogens with zero attached hydrogens (tertiary/aromatic N) is 2. The standard InChI is InChI=1S/C11H15N3O3/c15-9-1-2-10(12-7-9)14-5-3-8(4-6-14)13-11(16)17/h1-2,7-8,13,15H,3-6H2,(H,16,17). The molecule has 1 aliphatic heterocycles. The third-order valence-electron chi connectivity index (χ3n) is 2.88. The van der Waals surface area contributed by atoms with Crippen molar-refractivity contribution in [3.63, 3.8) is 0 Å². The second-order valence-electron chi connectivity index (χ2n) is 4.09. The van der Waals surface area contributed by atoms with Crippen molar-refractivity contribution in [2.75, 3.05) is 18.0 Å². The molecule has 17 heavy (non-hydrogen) atoms. The molecule has 6 nitrogen and oxygen atoms in total. The predicted molar refractivity (Wildman–Crippen MR) is 62.3 cm³/mol. The summed E-state index contributed by atoms with van der Waals surface area (Å²) in [5, 5.41) is 20.2. The number of amides is 1. The van der Waals surface area contributed by atoms with E-state index < -0.39 is 6.09 Å². The molecule has 0 unspecified atom stereocenters. The molecule has 0 aromatic carbocycles. The van der Waals surface area contributed by atoms with Gasteiger partial charge in [0.25, 0.3) is 0 Å². The van der Waals surface area contributed by atoms with E-state index in [2.05, 4.69) is 15.2 Å². The molecule has 3 N–H and O–H groups in total. The van der Waals surface area contributed by atoms with E-state index in [0.717, 1.165) is 31.7 Å². The molecule has 1 amide bonds. The molecule has 0 atom stereocenters. The van der Waals surface area contributed by atoms with Gasteiger partial charge in [0.15, 0.2) is 0 Å². The lowest BCUT2D eigenvalue weighted by Crippen LogP contribution is -2.44. The van der Waals surface area contributed by atoms with Crippen LogP contribution >= 0.6 is 0 Å². The summed E-state index contributed by atoms with van der Waals surface area (Å²) in [6, 6.07) is 3.39. The fourth-order valence-corrected chi connectivity index (χ4v) is 1.99. The fraction of sp³-hybridized carbons (Fsp3) is 0.455. The van der Waals surface area contributed by atoms with E-state index in [1.807, 2.05) is 0 Å². The zero-order valence-electron chi connectivity index (χ0n) is 9.33. The Labute approximate surface area is 98.9 Å². The van der Waals surface area contributed by atoms with Crippen LogP contribution in [0.1, 0.15) is 12.8 Å². The summed E-state index contributed by atoms with van der Waals surface area (Å²) in [5.41, 5.74) is 0. The van der Waals surface area contributed by atoms with Crippen molar-refractivity contribution in [3.05, 3.63) is 18.3 Å². The summed E-state index contributed by atoms with van der Waals surface area (Å²) in [6.45, 7) is 1.53. The average Bonchev–Trinajstić information content (AvgIpc) is 2.30. The molecule has 92 valence electrons. The number of nitrogens with one attached hydrogen (secondary N) is 1. The molecule has 1 saturated heterocycles. The van der Waals surface area contributed by atoms with Crippen molar-refractivity contribution < 1.29 is 15.0 Å². The van der Waals surface area contributed by atoms with Crippen LogP contribution in [0.2, 0.25) is 0 Å². The van der Waals surface area contributed by atoms with E-state index in [1.165, 1.54) is 6.20 Å². The topological polar surface area (TPSA) is 85.7 Å². The van der Waals surface area contributed by atoms with Crippen LogP contribution in [0.25, 0.3) is 0 Å². The lowest BCUT2D eigenvalue weighted by Gasteiger charge is -2.32. The van der Waals surface area contributed by atoms with Gasteiger partial charge in [-0.1, -0.05) is 0 Å². The molecule has 0 bridgehead atoms. The van der Waals surface area contributed by atoms with Gasteiger partial charge in [-0.3, -0.25) is 0 Å². The second kappa shape index (κ2) is 4.90. The molecule has 0 spiro atoms. The Bertz CT molecular complexity index is 385. The minimum Gasteiger partial charge on any atom is -0.506 e. The molecular formula is C11H15N3O3. The van der Waals surface area contributed by atoms with Gasteiger partial charge in [0.05, 0.1) is 6.20 Å². The molecule has 0 saturated carbocycles. The van der Waals surface area contributed by atoms with Gasteiger partial charge < -0.3 is 20.4 Å². The molecule has 1 fully saturated rings. The number of piperidine rings is 1. The highest BCUT2D eigenvalue weighted by molar-refractivity contribution is 5.64. The molecule has 0 aliphatic carbocycles. The van der Waals surface area contributed by atoms with Crippen LogP contribution in [-0.4, -0.2) is 40.4 Å². The summed E-state index contributed by atoms with van der Waals surface area (Å²) in [5.74, 6) is 0.966. The summed E-state index contributed by atoms with van der Waals surface area (Å²) in [4.78, 5) is 16.7. The Hall–Kier alpha value is -1.98. The van der Waals surface area contributed by atoms with Crippen LogP contribution in [0.15, 0.2) is 18.3 Å². The van der Waals surface area contributed by atoms with Crippen LogP contribution in [-0.2, 0) is 0 Å². The van der Waals surface area contributed by atoms with Crippen LogP contribution in [0.4, 0.5) is 10.6 Å². The maximum absolute atomic E-state index is 10.5. The zero-order valence-corrected chi connectivity index (χ0v) is 9.33. The number of anilines is 1. The van der Waals surface area contributed by atoms with Crippen LogP contribution in [0.3, 0.4) is 0 Å². The first kappa shape index (κ1) is 11.5. The van der Waals surface area contributed by atoms with Gasteiger partial charge in [-0.05, 0) is 25.0 Å². The Morgan fingerprint density at radius 3 is 2.65 bits per heavy atom. The maximum atomic E-state index is 10.5. The molecule has 6 heteroatoms. The van der Waals surface area contributed by atoms with Crippen LogP contribution in [0.5, 0.6) is 5.75 Å². The largest absolute Gasteiger partial charge is 0.506 e. The smallest absolute Gasteiger partial charge is 0.404 e. The fourth-order valence-electron chi connectivity index (χ4n) is 1.99. The van der Waals surface area contributed by atoms with Gasteiger partial charge in [0, 0.05) is 19.1 Å². The Kier molecular flexibility index (Phi) is 3.32. The summed E-state index contributed by atoms with van der Waals surface area (Å²) < 4.78 is 0. The lowest BCUT2D eigenvalue weighted by molar-refractivity contribution is 0.187. The monoisotopic (exact) mass is 237 g/mol. The normalized spacial score (nSPS) is 16.8. The quantitative estimate of drug-likeness (QED) is 0.715. The minimum atomic E-state index is -0.966. The summed E-state index contributed by atoms with van der Waals surface area (Å²) >= 11 is 0. The number of hydrogen-bond donors (Lipinski definition) is 3. The number of aromatic nitrogens is 1. The minimum absolute atomic E-state index is 0.0286. The van der Waals surface area contributed by atoms with Gasteiger partial charge in [-0.2, -0.15) is 0 Å². The van der Waals surface area contributed by atoms with Gasteiger partial charge in [0.2, 0.25) is 0 Å². The van der Waals surface area contributed by atoms with Crippen LogP contribution < -0.4 is 10.2 Å². The zero-order chi connectivity index (χ0) is 12.3. The van der Waals surface area contributed by atoms with E-state index in [9.17, 15) is 4.79 Å². The highest BCUT2D eigenvalue weighted by Gasteiger charge is 2.21. The van der Waals surface area contributed by atoms with Crippen molar-refractivity contribution >= 4 is 11.9 Å². The summed E-state index contributed by atoms with van der Waals surface area (Å²) in [7, 11) is 0. The highest BCUT2D eigenvalue weighted by atomic mass is 16.4. The summed E-state index contributed by atoms with van der Waals surface area (Å²) in [6.07, 6.45) is 1.99.